The predicted octanol–water partition coefficient (Wildman–Crippen LogP) is 27.4. The smallest absolute Gasteiger partial charge is 0.305 e. The lowest BCUT2D eigenvalue weighted by molar-refractivity contribution is -0.143. The lowest BCUT2D eigenvalue weighted by atomic mass is 10.0. The second-order valence-electron chi connectivity index (χ2n) is 28.8. The average molecular weight is 1260 g/mol. The first-order chi connectivity index (χ1) is 44.0. The van der Waals surface area contributed by atoms with Gasteiger partial charge in [0, 0.05) is 12.8 Å². The van der Waals surface area contributed by atoms with E-state index >= 15 is 0 Å². The van der Waals surface area contributed by atoms with Crippen LogP contribution in [0.2, 0.25) is 0 Å². The molecule has 0 radical (unpaired) electrons. The van der Waals surface area contributed by atoms with Gasteiger partial charge in [-0.1, -0.05) is 431 Å². The van der Waals surface area contributed by atoms with E-state index in [-0.39, 0.29) is 18.5 Å². The highest BCUT2D eigenvalue weighted by atomic mass is 16.5. The fraction of sp³-hybridized carbons (Fsp3) is 0.952. The van der Waals surface area contributed by atoms with Crippen molar-refractivity contribution >= 4 is 11.9 Å². The van der Waals surface area contributed by atoms with Crippen LogP contribution >= 0.6 is 0 Å². The molecule has 0 heterocycles. The fourth-order valence-electron chi connectivity index (χ4n) is 13.5. The molecule has 2 atom stereocenters. The van der Waals surface area contributed by atoms with Gasteiger partial charge in [0.1, 0.15) is 0 Å². The van der Waals surface area contributed by atoms with Crippen molar-refractivity contribution in [2.75, 3.05) is 13.2 Å². The summed E-state index contributed by atoms with van der Waals surface area (Å²) in [6.07, 6.45) is 100. The maximum atomic E-state index is 12.6. The van der Waals surface area contributed by atoms with Gasteiger partial charge in [0.25, 0.3) is 0 Å². The molecule has 6 heteroatoms. The summed E-state index contributed by atoms with van der Waals surface area (Å²) in [6, 6.07) is -0.540. The lowest BCUT2D eigenvalue weighted by Crippen LogP contribution is -2.45. The molecule has 0 aliphatic rings. The highest BCUT2D eigenvalue weighted by molar-refractivity contribution is 5.76. The van der Waals surface area contributed by atoms with E-state index in [0.29, 0.717) is 25.9 Å². The zero-order chi connectivity index (χ0) is 64.2. The summed E-state index contributed by atoms with van der Waals surface area (Å²) in [4.78, 5) is 24.6. The van der Waals surface area contributed by atoms with Crippen molar-refractivity contribution in [2.24, 2.45) is 0 Å². The molecule has 0 aromatic heterocycles. The summed E-state index contributed by atoms with van der Waals surface area (Å²) in [6.45, 7) is 5.02. The van der Waals surface area contributed by atoms with Crippen LogP contribution < -0.4 is 5.32 Å². The molecule has 0 fully saturated rings. The molecule has 3 N–H and O–H groups in total. The third-order valence-corrected chi connectivity index (χ3v) is 19.8. The van der Waals surface area contributed by atoms with Crippen LogP contribution in [0.5, 0.6) is 0 Å². The third-order valence-electron chi connectivity index (χ3n) is 19.8. The Balaban J connectivity index is 3.34. The number of aliphatic hydroxyl groups excluding tert-OH is 2. The van der Waals surface area contributed by atoms with Crippen molar-refractivity contribution in [1.29, 1.82) is 0 Å². The number of allylic oxidation sites excluding steroid dienone is 2. The number of hydrogen-bond donors (Lipinski definition) is 3. The maximum Gasteiger partial charge on any atom is 0.305 e. The zero-order valence-electron chi connectivity index (χ0n) is 61.0. The summed E-state index contributed by atoms with van der Waals surface area (Å²) in [7, 11) is 0. The summed E-state index contributed by atoms with van der Waals surface area (Å²) >= 11 is 0. The molecule has 0 saturated carbocycles. The fourth-order valence-corrected chi connectivity index (χ4v) is 13.5. The van der Waals surface area contributed by atoms with Crippen LogP contribution in [0.4, 0.5) is 0 Å². The van der Waals surface area contributed by atoms with Gasteiger partial charge in [-0.25, -0.2) is 0 Å². The maximum absolute atomic E-state index is 12.6. The number of hydrogen-bond acceptors (Lipinski definition) is 5. The Morgan fingerprint density at radius 2 is 0.528 bits per heavy atom. The number of carbonyl (C=O) groups excluding carboxylic acids is 2. The Labute approximate surface area is 559 Å². The Hall–Kier alpha value is -1.40. The molecule has 0 saturated heterocycles. The van der Waals surface area contributed by atoms with E-state index in [0.717, 1.165) is 38.5 Å². The molecule has 2 unspecified atom stereocenters. The SMILES string of the molecule is CCCCCCCCCCCCCCCCCCCCCCCCCCC(O)C(CO)NC(=O)CCCCCCCCCCCCCCCCCCC/C=C\CCCCCCCCCCCCCCCCOC(=O)CCCCCCCCCCCCCCC. The summed E-state index contributed by atoms with van der Waals surface area (Å²) in [5.41, 5.74) is 0. The molecule has 0 aromatic rings. The lowest BCUT2D eigenvalue weighted by Gasteiger charge is -2.22. The minimum Gasteiger partial charge on any atom is -0.466 e. The second-order valence-corrected chi connectivity index (χ2v) is 28.8. The van der Waals surface area contributed by atoms with Crippen LogP contribution in [-0.2, 0) is 14.3 Å². The molecule has 0 bridgehead atoms. The molecular weight excluding hydrogens is 1090 g/mol. The molecular formula is C83H163NO5. The molecule has 0 spiro atoms. The van der Waals surface area contributed by atoms with Gasteiger partial charge in [-0.3, -0.25) is 9.59 Å². The topological polar surface area (TPSA) is 95.9 Å². The van der Waals surface area contributed by atoms with Gasteiger partial charge in [0.05, 0.1) is 25.4 Å². The van der Waals surface area contributed by atoms with Gasteiger partial charge < -0.3 is 20.3 Å². The highest BCUT2D eigenvalue weighted by Crippen LogP contribution is 2.21. The standard InChI is InChI=1S/C83H163NO5/c1-3-5-7-9-11-13-15-17-18-19-20-21-22-36-39-42-45-48-52-55-59-63-67-71-75-81(86)80(79-85)84-82(87)76-72-68-64-60-56-53-49-46-43-40-37-34-32-30-28-26-24-23-25-27-29-31-33-35-38-41-44-47-50-54-58-62-66-70-74-78-89-83(88)77-73-69-65-61-57-51-16-14-12-10-8-6-4-2/h25,27,80-81,85-86H,3-24,26,28-79H2,1-2H3,(H,84,87)/b27-25-. The number of carbonyl (C=O) groups is 2. The van der Waals surface area contributed by atoms with Gasteiger partial charge in [0.2, 0.25) is 5.91 Å². The first-order valence-corrected chi connectivity index (χ1v) is 41.4. The predicted molar refractivity (Wildman–Crippen MR) is 394 cm³/mol. The molecule has 530 valence electrons. The van der Waals surface area contributed by atoms with Crippen LogP contribution in [0.1, 0.15) is 483 Å². The first kappa shape index (κ1) is 87.6. The molecule has 89 heavy (non-hydrogen) atoms. The minimum atomic E-state index is -0.663. The van der Waals surface area contributed by atoms with E-state index < -0.39 is 12.1 Å². The normalized spacial score (nSPS) is 12.4. The summed E-state index contributed by atoms with van der Waals surface area (Å²) < 4.78 is 5.50. The Morgan fingerprint density at radius 3 is 0.798 bits per heavy atom. The molecule has 0 aromatic carbocycles. The van der Waals surface area contributed by atoms with Gasteiger partial charge >= 0.3 is 5.97 Å². The molecule has 6 nitrogen and oxygen atoms in total. The van der Waals surface area contributed by atoms with Crippen LogP contribution in [-0.4, -0.2) is 47.4 Å². The molecule has 0 aliphatic heterocycles. The second kappa shape index (κ2) is 79.0. The van der Waals surface area contributed by atoms with Crippen molar-refractivity contribution in [1.82, 2.24) is 5.32 Å². The van der Waals surface area contributed by atoms with Crippen LogP contribution in [0.15, 0.2) is 12.2 Å². The van der Waals surface area contributed by atoms with Crippen LogP contribution in [0.3, 0.4) is 0 Å². The number of nitrogens with one attached hydrogen (secondary N) is 1. The Morgan fingerprint density at radius 1 is 0.303 bits per heavy atom. The number of aliphatic hydroxyl groups is 2. The van der Waals surface area contributed by atoms with E-state index in [1.54, 1.807) is 0 Å². The average Bonchev–Trinajstić information content (AvgIpc) is 3.54. The van der Waals surface area contributed by atoms with Crippen LogP contribution in [0.25, 0.3) is 0 Å². The van der Waals surface area contributed by atoms with Crippen molar-refractivity contribution in [3.63, 3.8) is 0 Å². The van der Waals surface area contributed by atoms with E-state index in [2.05, 4.69) is 31.3 Å². The Bertz CT molecular complexity index is 1350. The van der Waals surface area contributed by atoms with E-state index in [1.165, 1.54) is 411 Å². The van der Waals surface area contributed by atoms with Crippen LogP contribution in [0, 0.1) is 0 Å². The highest BCUT2D eigenvalue weighted by Gasteiger charge is 2.20. The first-order valence-electron chi connectivity index (χ1n) is 41.4. The van der Waals surface area contributed by atoms with Gasteiger partial charge in [-0.05, 0) is 51.4 Å². The Kier molecular flexibility index (Phi) is 77.8. The monoisotopic (exact) mass is 1250 g/mol. The molecule has 0 aliphatic carbocycles. The molecule has 0 rings (SSSR count). The number of unbranched alkanes of at least 4 members (excludes halogenated alkanes) is 66. The minimum absolute atomic E-state index is 0.0230. The largest absolute Gasteiger partial charge is 0.466 e. The zero-order valence-corrected chi connectivity index (χ0v) is 61.0. The number of amides is 1. The van der Waals surface area contributed by atoms with E-state index in [4.69, 9.17) is 4.74 Å². The van der Waals surface area contributed by atoms with Crippen molar-refractivity contribution < 1.29 is 24.5 Å². The van der Waals surface area contributed by atoms with Crippen molar-refractivity contribution in [2.45, 2.75) is 495 Å². The number of rotatable bonds is 79. The summed E-state index contributed by atoms with van der Waals surface area (Å²) in [5.74, 6) is -0.00190. The van der Waals surface area contributed by atoms with Gasteiger partial charge in [0.15, 0.2) is 0 Å². The van der Waals surface area contributed by atoms with Crippen molar-refractivity contribution in [3.8, 4) is 0 Å². The van der Waals surface area contributed by atoms with E-state index in [9.17, 15) is 19.8 Å². The molecule has 1 amide bonds. The van der Waals surface area contributed by atoms with E-state index in [1.807, 2.05) is 0 Å². The third kappa shape index (κ3) is 75.5. The van der Waals surface area contributed by atoms with Crippen molar-refractivity contribution in [3.05, 3.63) is 12.2 Å². The number of ether oxygens (including phenoxy) is 1. The van der Waals surface area contributed by atoms with Gasteiger partial charge in [-0.15, -0.1) is 0 Å². The summed E-state index contributed by atoms with van der Waals surface area (Å²) in [5, 5.41) is 23.5. The van der Waals surface area contributed by atoms with Gasteiger partial charge in [-0.2, -0.15) is 0 Å². The number of esters is 1. The quantitative estimate of drug-likeness (QED) is 0.0320.